The summed E-state index contributed by atoms with van der Waals surface area (Å²) in [5.41, 5.74) is 1.06. The number of halogens is 1. The third-order valence-electron chi connectivity index (χ3n) is 4.78. The number of carbonyl (C=O) groups is 1. The summed E-state index contributed by atoms with van der Waals surface area (Å²) in [6.45, 7) is 4.50. The van der Waals surface area contributed by atoms with Crippen LogP contribution >= 0.6 is 0 Å². The van der Waals surface area contributed by atoms with Gasteiger partial charge in [0.2, 0.25) is 10.0 Å². The lowest BCUT2D eigenvalue weighted by Crippen LogP contribution is -2.48. The van der Waals surface area contributed by atoms with Gasteiger partial charge in [0, 0.05) is 32.2 Å². The van der Waals surface area contributed by atoms with Crippen molar-refractivity contribution in [2.45, 2.75) is 37.5 Å². The van der Waals surface area contributed by atoms with E-state index in [0.717, 1.165) is 5.56 Å². The summed E-state index contributed by atoms with van der Waals surface area (Å²) in [6.07, 6.45) is -0.389. The lowest BCUT2D eigenvalue weighted by atomic mass is 10.1. The first-order valence-electron chi connectivity index (χ1n) is 9.42. The standard InChI is InChI=1S/C21H25FN2O4S/c1-15-12-24(13-16(2)28-15)29(26,27)20-6-4-5-18(11-20)21(25)23(3)14-17-7-9-19(22)10-8-17/h4-11,15-16H,12-14H2,1-3H3/t15-,16+. The van der Waals surface area contributed by atoms with Crippen LogP contribution in [-0.4, -0.2) is 55.9 Å². The molecule has 0 unspecified atom stereocenters. The molecule has 8 heteroatoms. The van der Waals surface area contributed by atoms with Crippen LogP contribution in [0.3, 0.4) is 0 Å². The minimum atomic E-state index is -3.73. The topological polar surface area (TPSA) is 66.9 Å². The summed E-state index contributed by atoms with van der Waals surface area (Å²) < 4.78 is 46.2. The molecular weight excluding hydrogens is 395 g/mol. The fraction of sp³-hybridized carbons (Fsp3) is 0.381. The number of rotatable bonds is 5. The van der Waals surface area contributed by atoms with E-state index in [1.165, 1.54) is 33.5 Å². The van der Waals surface area contributed by atoms with Gasteiger partial charge in [-0.2, -0.15) is 4.31 Å². The maximum atomic E-state index is 13.1. The van der Waals surface area contributed by atoms with Gasteiger partial charge in [-0.3, -0.25) is 4.79 Å². The Balaban J connectivity index is 1.79. The van der Waals surface area contributed by atoms with E-state index in [-0.39, 0.29) is 54.0 Å². The highest BCUT2D eigenvalue weighted by Gasteiger charge is 2.32. The van der Waals surface area contributed by atoms with Gasteiger partial charge in [-0.05, 0) is 49.7 Å². The van der Waals surface area contributed by atoms with Crippen molar-refractivity contribution in [1.29, 1.82) is 0 Å². The summed E-state index contributed by atoms with van der Waals surface area (Å²) in [7, 11) is -2.11. The van der Waals surface area contributed by atoms with Gasteiger partial charge >= 0.3 is 0 Å². The van der Waals surface area contributed by atoms with Gasteiger partial charge in [-0.25, -0.2) is 12.8 Å². The van der Waals surface area contributed by atoms with E-state index in [9.17, 15) is 17.6 Å². The predicted octanol–water partition coefficient (Wildman–Crippen LogP) is 2.90. The van der Waals surface area contributed by atoms with E-state index in [1.807, 2.05) is 13.8 Å². The quantitative estimate of drug-likeness (QED) is 0.746. The SMILES string of the molecule is C[C@@H]1CN(S(=O)(=O)c2cccc(C(=O)N(C)Cc3ccc(F)cc3)c2)C[C@H](C)O1. The van der Waals surface area contributed by atoms with Crippen molar-refractivity contribution >= 4 is 15.9 Å². The zero-order valence-corrected chi connectivity index (χ0v) is 17.5. The van der Waals surface area contributed by atoms with Crippen molar-refractivity contribution in [2.24, 2.45) is 0 Å². The lowest BCUT2D eigenvalue weighted by molar-refractivity contribution is -0.0440. The molecule has 2 atom stereocenters. The second-order valence-corrected chi connectivity index (χ2v) is 9.33. The fourth-order valence-electron chi connectivity index (χ4n) is 3.42. The van der Waals surface area contributed by atoms with Crippen molar-refractivity contribution in [3.8, 4) is 0 Å². The molecule has 3 rings (SSSR count). The third kappa shape index (κ3) is 5.01. The highest BCUT2D eigenvalue weighted by molar-refractivity contribution is 7.89. The van der Waals surface area contributed by atoms with Crippen LogP contribution in [0.5, 0.6) is 0 Å². The second kappa shape index (κ2) is 8.61. The Hall–Kier alpha value is -2.29. The van der Waals surface area contributed by atoms with Crippen molar-refractivity contribution in [3.63, 3.8) is 0 Å². The average Bonchev–Trinajstić information content (AvgIpc) is 2.68. The number of carbonyl (C=O) groups excluding carboxylic acids is 1. The van der Waals surface area contributed by atoms with Gasteiger partial charge in [0.25, 0.3) is 5.91 Å². The van der Waals surface area contributed by atoms with Crippen LogP contribution in [0, 0.1) is 5.82 Å². The number of hydrogen-bond acceptors (Lipinski definition) is 4. The van der Waals surface area contributed by atoms with Crippen LogP contribution in [0.15, 0.2) is 53.4 Å². The molecule has 1 heterocycles. The van der Waals surface area contributed by atoms with Crippen LogP contribution in [0.1, 0.15) is 29.8 Å². The smallest absolute Gasteiger partial charge is 0.253 e. The molecule has 0 bridgehead atoms. The lowest BCUT2D eigenvalue weighted by Gasteiger charge is -2.34. The molecule has 0 aliphatic carbocycles. The number of hydrogen-bond donors (Lipinski definition) is 0. The highest BCUT2D eigenvalue weighted by atomic mass is 32.2. The van der Waals surface area contributed by atoms with Crippen molar-refractivity contribution in [2.75, 3.05) is 20.1 Å². The predicted molar refractivity (Wildman–Crippen MR) is 107 cm³/mol. The number of benzene rings is 2. The molecule has 2 aromatic carbocycles. The van der Waals surface area contributed by atoms with Crippen LogP contribution in [0.4, 0.5) is 4.39 Å². The first kappa shape index (κ1) is 21.4. The molecule has 1 fully saturated rings. The maximum Gasteiger partial charge on any atom is 0.253 e. The molecule has 0 spiro atoms. The van der Waals surface area contributed by atoms with Gasteiger partial charge in [0.15, 0.2) is 0 Å². The van der Waals surface area contributed by atoms with Gasteiger partial charge in [-0.1, -0.05) is 18.2 Å². The van der Waals surface area contributed by atoms with Crippen molar-refractivity contribution in [1.82, 2.24) is 9.21 Å². The fourth-order valence-corrected chi connectivity index (χ4v) is 5.06. The van der Waals surface area contributed by atoms with Gasteiger partial charge in [0.05, 0.1) is 17.1 Å². The van der Waals surface area contributed by atoms with Gasteiger partial charge in [-0.15, -0.1) is 0 Å². The number of nitrogens with zero attached hydrogens (tertiary/aromatic N) is 2. The van der Waals surface area contributed by atoms with E-state index in [2.05, 4.69) is 0 Å². The summed E-state index contributed by atoms with van der Waals surface area (Å²) >= 11 is 0. The summed E-state index contributed by atoms with van der Waals surface area (Å²) in [5.74, 6) is -0.650. The van der Waals surface area contributed by atoms with Crippen LogP contribution in [-0.2, 0) is 21.3 Å². The van der Waals surface area contributed by atoms with Crippen molar-refractivity contribution in [3.05, 3.63) is 65.5 Å². The normalized spacial score (nSPS) is 20.4. The Labute approximate surface area is 170 Å². The Bertz CT molecular complexity index is 968. The molecule has 0 radical (unpaired) electrons. The minimum absolute atomic E-state index is 0.0832. The molecule has 0 saturated carbocycles. The van der Waals surface area contributed by atoms with Gasteiger partial charge < -0.3 is 9.64 Å². The van der Waals surface area contributed by atoms with E-state index < -0.39 is 10.0 Å². The van der Waals surface area contributed by atoms with Crippen LogP contribution in [0.2, 0.25) is 0 Å². The molecule has 1 amide bonds. The van der Waals surface area contributed by atoms with E-state index in [0.29, 0.717) is 0 Å². The Morgan fingerprint density at radius 2 is 1.76 bits per heavy atom. The summed E-state index contributed by atoms with van der Waals surface area (Å²) in [4.78, 5) is 14.4. The molecule has 2 aromatic rings. The Morgan fingerprint density at radius 3 is 2.38 bits per heavy atom. The zero-order chi connectivity index (χ0) is 21.2. The molecule has 156 valence electrons. The highest BCUT2D eigenvalue weighted by Crippen LogP contribution is 2.22. The molecule has 6 nitrogen and oxygen atoms in total. The van der Waals surface area contributed by atoms with Crippen LogP contribution < -0.4 is 0 Å². The first-order valence-corrected chi connectivity index (χ1v) is 10.9. The van der Waals surface area contributed by atoms with Crippen LogP contribution in [0.25, 0.3) is 0 Å². The average molecular weight is 421 g/mol. The van der Waals surface area contributed by atoms with E-state index in [4.69, 9.17) is 4.74 Å². The molecule has 1 saturated heterocycles. The third-order valence-corrected chi connectivity index (χ3v) is 6.61. The molecule has 29 heavy (non-hydrogen) atoms. The van der Waals surface area contributed by atoms with E-state index in [1.54, 1.807) is 31.3 Å². The molecule has 1 aliphatic heterocycles. The largest absolute Gasteiger partial charge is 0.373 e. The summed E-state index contributed by atoms with van der Waals surface area (Å²) in [5, 5.41) is 0. The maximum absolute atomic E-state index is 13.1. The monoisotopic (exact) mass is 420 g/mol. The molecule has 0 aromatic heterocycles. The molecule has 0 N–H and O–H groups in total. The molecular formula is C21H25FN2O4S. The molecule has 1 aliphatic rings. The minimum Gasteiger partial charge on any atom is -0.373 e. The zero-order valence-electron chi connectivity index (χ0n) is 16.7. The number of amides is 1. The van der Waals surface area contributed by atoms with E-state index >= 15 is 0 Å². The summed E-state index contributed by atoms with van der Waals surface area (Å²) in [6, 6.07) is 12.0. The Kier molecular flexibility index (Phi) is 6.36. The Morgan fingerprint density at radius 1 is 1.14 bits per heavy atom. The first-order chi connectivity index (χ1) is 13.7. The van der Waals surface area contributed by atoms with Gasteiger partial charge in [0.1, 0.15) is 5.82 Å². The number of morpholine rings is 1. The van der Waals surface area contributed by atoms with Crippen molar-refractivity contribution < 1.29 is 22.3 Å². The number of ether oxygens (including phenoxy) is 1. The second-order valence-electron chi connectivity index (χ2n) is 7.39. The number of sulfonamides is 1.